The standard InChI is InChI=1S/C21H25N9O/c1-12(31)25-13-3-5-14(6-4-13)26-21-27-19(22-2)18-15(11-24-20(18)28-21)16-7-8-17-23-9-10-30(17)29-16/h7-11,13-14H,3-6H2,1-2H3,(H,25,31)(H3,22,24,26,27,28). The van der Waals surface area contributed by atoms with Crippen LogP contribution in [-0.2, 0) is 4.79 Å². The normalized spacial score (nSPS) is 18.9. The van der Waals surface area contributed by atoms with Gasteiger partial charge in [0.15, 0.2) is 5.65 Å². The second-order valence-electron chi connectivity index (χ2n) is 7.91. The first kappa shape index (κ1) is 19.3. The Labute approximate surface area is 178 Å². The monoisotopic (exact) mass is 419 g/mol. The number of aromatic amines is 1. The fourth-order valence-electron chi connectivity index (χ4n) is 4.29. The van der Waals surface area contributed by atoms with Gasteiger partial charge < -0.3 is 20.9 Å². The van der Waals surface area contributed by atoms with Crippen molar-refractivity contribution in [2.75, 3.05) is 17.7 Å². The molecule has 4 N–H and O–H groups in total. The molecule has 10 nitrogen and oxygen atoms in total. The van der Waals surface area contributed by atoms with Gasteiger partial charge in [0.2, 0.25) is 11.9 Å². The maximum absolute atomic E-state index is 11.3. The van der Waals surface area contributed by atoms with E-state index in [9.17, 15) is 4.79 Å². The van der Waals surface area contributed by atoms with Crippen LogP contribution >= 0.6 is 0 Å². The molecule has 0 atom stereocenters. The SMILES string of the molecule is CNc1nc(NC2CCC(NC(C)=O)CC2)nc2[nH]cc(-c3ccc4nccn4n3)c12. The number of hydrogen-bond donors (Lipinski definition) is 4. The Balaban J connectivity index is 1.40. The molecule has 0 bridgehead atoms. The number of hydrogen-bond acceptors (Lipinski definition) is 7. The van der Waals surface area contributed by atoms with Crippen molar-refractivity contribution in [1.29, 1.82) is 0 Å². The van der Waals surface area contributed by atoms with Gasteiger partial charge in [-0.25, -0.2) is 9.50 Å². The molecule has 1 saturated carbocycles. The Morgan fingerprint density at radius 2 is 1.97 bits per heavy atom. The van der Waals surface area contributed by atoms with Crippen LogP contribution in [0.1, 0.15) is 32.6 Å². The van der Waals surface area contributed by atoms with Crippen LogP contribution in [-0.4, -0.2) is 54.6 Å². The molecule has 4 aromatic rings. The quantitative estimate of drug-likeness (QED) is 0.392. The molecule has 0 aromatic carbocycles. The zero-order valence-electron chi connectivity index (χ0n) is 17.5. The summed E-state index contributed by atoms with van der Waals surface area (Å²) >= 11 is 0. The second kappa shape index (κ2) is 7.86. The summed E-state index contributed by atoms with van der Waals surface area (Å²) in [5.41, 5.74) is 3.29. The lowest BCUT2D eigenvalue weighted by molar-refractivity contribution is -0.119. The number of aromatic nitrogens is 6. The van der Waals surface area contributed by atoms with Crippen LogP contribution in [0.25, 0.3) is 27.9 Å². The molecular formula is C21H25N9O. The summed E-state index contributed by atoms with van der Waals surface area (Å²) in [6.07, 6.45) is 9.30. The summed E-state index contributed by atoms with van der Waals surface area (Å²) in [4.78, 5) is 28.2. The summed E-state index contributed by atoms with van der Waals surface area (Å²) in [5.74, 6) is 1.36. The van der Waals surface area contributed by atoms with Crippen LogP contribution in [0.15, 0.2) is 30.7 Å². The molecule has 0 aliphatic heterocycles. The molecule has 0 saturated heterocycles. The first-order chi connectivity index (χ1) is 15.1. The summed E-state index contributed by atoms with van der Waals surface area (Å²) in [7, 11) is 1.85. The zero-order valence-corrected chi connectivity index (χ0v) is 17.5. The topological polar surface area (TPSA) is 125 Å². The largest absolute Gasteiger partial charge is 0.372 e. The summed E-state index contributed by atoms with van der Waals surface area (Å²) < 4.78 is 1.75. The molecule has 1 fully saturated rings. The fourth-order valence-corrected chi connectivity index (χ4v) is 4.29. The number of carbonyl (C=O) groups excluding carboxylic acids is 1. The average Bonchev–Trinajstić information content (AvgIpc) is 3.40. The number of amides is 1. The molecule has 1 aliphatic rings. The third-order valence-electron chi connectivity index (χ3n) is 5.77. The van der Waals surface area contributed by atoms with Crippen LogP contribution in [0, 0.1) is 0 Å². The predicted octanol–water partition coefficient (Wildman–Crippen LogP) is 2.57. The van der Waals surface area contributed by atoms with E-state index in [1.54, 1.807) is 17.6 Å². The number of fused-ring (bicyclic) bond motifs is 2. The maximum Gasteiger partial charge on any atom is 0.226 e. The number of carbonyl (C=O) groups is 1. The van der Waals surface area contributed by atoms with Crippen LogP contribution in [0.4, 0.5) is 11.8 Å². The summed E-state index contributed by atoms with van der Waals surface area (Å²) in [5, 5.41) is 15.2. The highest BCUT2D eigenvalue weighted by atomic mass is 16.1. The highest BCUT2D eigenvalue weighted by molar-refractivity contribution is 6.00. The van der Waals surface area contributed by atoms with Gasteiger partial charge in [0, 0.05) is 50.2 Å². The van der Waals surface area contributed by atoms with Crippen LogP contribution < -0.4 is 16.0 Å². The minimum atomic E-state index is 0.0353. The summed E-state index contributed by atoms with van der Waals surface area (Å²) in [6, 6.07) is 4.43. The lowest BCUT2D eigenvalue weighted by Crippen LogP contribution is -2.39. The van der Waals surface area contributed by atoms with Crippen molar-refractivity contribution in [2.45, 2.75) is 44.7 Å². The molecule has 160 valence electrons. The lowest BCUT2D eigenvalue weighted by Gasteiger charge is -2.29. The molecule has 0 spiro atoms. The minimum absolute atomic E-state index is 0.0353. The molecule has 4 aromatic heterocycles. The van der Waals surface area contributed by atoms with Crippen LogP contribution in [0.3, 0.4) is 0 Å². The van der Waals surface area contributed by atoms with E-state index in [1.165, 1.54) is 0 Å². The van der Waals surface area contributed by atoms with Crippen molar-refractivity contribution in [3.8, 4) is 11.3 Å². The Hall–Kier alpha value is -3.69. The number of anilines is 2. The Morgan fingerprint density at radius 1 is 1.16 bits per heavy atom. The van der Waals surface area contributed by atoms with Crippen molar-refractivity contribution in [3.05, 3.63) is 30.7 Å². The molecule has 0 radical (unpaired) electrons. The van der Waals surface area contributed by atoms with Gasteiger partial charge in [-0.1, -0.05) is 0 Å². The van der Waals surface area contributed by atoms with Crippen LogP contribution in [0.5, 0.6) is 0 Å². The Morgan fingerprint density at radius 3 is 2.74 bits per heavy atom. The predicted molar refractivity (Wildman–Crippen MR) is 119 cm³/mol. The molecule has 10 heteroatoms. The second-order valence-corrected chi connectivity index (χ2v) is 7.91. The molecular weight excluding hydrogens is 394 g/mol. The number of nitrogens with one attached hydrogen (secondary N) is 4. The van der Waals surface area contributed by atoms with E-state index in [0.717, 1.165) is 59.4 Å². The number of nitrogens with zero attached hydrogens (tertiary/aromatic N) is 5. The van der Waals surface area contributed by atoms with Crippen molar-refractivity contribution in [1.82, 2.24) is 34.9 Å². The molecule has 1 amide bonds. The lowest BCUT2D eigenvalue weighted by atomic mass is 9.91. The first-order valence-corrected chi connectivity index (χ1v) is 10.5. The van der Waals surface area contributed by atoms with Gasteiger partial charge in [-0.15, -0.1) is 0 Å². The van der Waals surface area contributed by atoms with E-state index in [2.05, 4.69) is 31.0 Å². The number of H-pyrrole nitrogens is 1. The van der Waals surface area contributed by atoms with E-state index in [0.29, 0.717) is 5.95 Å². The van der Waals surface area contributed by atoms with E-state index in [-0.39, 0.29) is 18.0 Å². The van der Waals surface area contributed by atoms with E-state index in [1.807, 2.05) is 31.6 Å². The fraction of sp³-hybridized carbons (Fsp3) is 0.381. The summed E-state index contributed by atoms with van der Waals surface area (Å²) in [6.45, 7) is 1.57. The smallest absolute Gasteiger partial charge is 0.226 e. The molecule has 4 heterocycles. The van der Waals surface area contributed by atoms with Crippen molar-refractivity contribution in [2.24, 2.45) is 0 Å². The first-order valence-electron chi connectivity index (χ1n) is 10.5. The van der Waals surface area contributed by atoms with Crippen molar-refractivity contribution in [3.63, 3.8) is 0 Å². The molecule has 0 unspecified atom stereocenters. The van der Waals surface area contributed by atoms with Crippen molar-refractivity contribution < 1.29 is 4.79 Å². The van der Waals surface area contributed by atoms with Gasteiger partial charge >= 0.3 is 0 Å². The van der Waals surface area contributed by atoms with Crippen molar-refractivity contribution >= 4 is 34.4 Å². The van der Waals surface area contributed by atoms with Gasteiger partial charge in [0.25, 0.3) is 0 Å². The number of rotatable bonds is 5. The average molecular weight is 419 g/mol. The molecule has 1 aliphatic carbocycles. The third-order valence-corrected chi connectivity index (χ3v) is 5.77. The molecule has 31 heavy (non-hydrogen) atoms. The zero-order chi connectivity index (χ0) is 21.4. The van der Waals surface area contributed by atoms with Gasteiger partial charge in [-0.3, -0.25) is 4.79 Å². The maximum atomic E-state index is 11.3. The highest BCUT2D eigenvalue weighted by Gasteiger charge is 2.23. The Bertz CT molecular complexity index is 1240. The van der Waals surface area contributed by atoms with E-state index >= 15 is 0 Å². The van der Waals surface area contributed by atoms with Gasteiger partial charge in [0.05, 0.1) is 11.1 Å². The Kier molecular flexibility index (Phi) is 4.89. The molecule has 5 rings (SSSR count). The van der Waals surface area contributed by atoms with Gasteiger partial charge in [-0.05, 0) is 37.8 Å². The van der Waals surface area contributed by atoms with Gasteiger partial charge in [-0.2, -0.15) is 15.1 Å². The third kappa shape index (κ3) is 3.76. The highest BCUT2D eigenvalue weighted by Crippen LogP contribution is 2.32. The minimum Gasteiger partial charge on any atom is -0.372 e. The van der Waals surface area contributed by atoms with E-state index in [4.69, 9.17) is 9.97 Å². The van der Waals surface area contributed by atoms with Crippen LogP contribution in [0.2, 0.25) is 0 Å². The van der Waals surface area contributed by atoms with Gasteiger partial charge in [0.1, 0.15) is 11.5 Å². The number of imidazole rings is 1. The van der Waals surface area contributed by atoms with E-state index < -0.39 is 0 Å².